The minimum atomic E-state index is 0.296. The standard InChI is InChI=1S/C13H12ClNO/c14-12-5-6-13(16-9-7-15-8-9)11-4-2-1-3-10(11)12/h1-6,9,15H,7-8H2. The minimum Gasteiger partial charge on any atom is -0.487 e. The van der Waals surface area contributed by atoms with Crippen molar-refractivity contribution in [2.75, 3.05) is 13.1 Å². The summed E-state index contributed by atoms with van der Waals surface area (Å²) in [6.45, 7) is 1.86. The van der Waals surface area contributed by atoms with Crippen LogP contribution in [0.4, 0.5) is 0 Å². The fourth-order valence-electron chi connectivity index (χ4n) is 1.86. The summed E-state index contributed by atoms with van der Waals surface area (Å²) in [5.41, 5.74) is 0. The molecular formula is C13H12ClNO. The van der Waals surface area contributed by atoms with Crippen molar-refractivity contribution in [3.8, 4) is 5.75 Å². The second-order valence-corrected chi connectivity index (χ2v) is 4.40. The van der Waals surface area contributed by atoms with E-state index in [1.165, 1.54) is 0 Å². The number of hydrogen-bond donors (Lipinski definition) is 1. The highest BCUT2D eigenvalue weighted by atomic mass is 35.5. The molecule has 0 unspecified atom stereocenters. The van der Waals surface area contributed by atoms with Crippen LogP contribution in [0, 0.1) is 0 Å². The van der Waals surface area contributed by atoms with E-state index in [2.05, 4.69) is 5.32 Å². The highest BCUT2D eigenvalue weighted by Gasteiger charge is 2.19. The Bertz CT molecular complexity index is 522. The quantitative estimate of drug-likeness (QED) is 0.861. The molecule has 82 valence electrons. The Morgan fingerprint density at radius 2 is 1.81 bits per heavy atom. The third-order valence-electron chi connectivity index (χ3n) is 2.87. The molecule has 0 radical (unpaired) electrons. The van der Waals surface area contributed by atoms with Gasteiger partial charge in [-0.25, -0.2) is 0 Å². The van der Waals surface area contributed by atoms with Crippen LogP contribution < -0.4 is 10.1 Å². The fourth-order valence-corrected chi connectivity index (χ4v) is 2.09. The topological polar surface area (TPSA) is 21.3 Å². The molecule has 0 amide bonds. The summed E-state index contributed by atoms with van der Waals surface area (Å²) in [7, 11) is 0. The zero-order valence-corrected chi connectivity index (χ0v) is 9.50. The number of ether oxygens (including phenoxy) is 1. The second-order valence-electron chi connectivity index (χ2n) is 3.99. The fraction of sp³-hybridized carbons (Fsp3) is 0.231. The Morgan fingerprint density at radius 3 is 2.50 bits per heavy atom. The normalized spacial score (nSPS) is 16.1. The summed E-state index contributed by atoms with van der Waals surface area (Å²) in [5, 5.41) is 6.10. The van der Waals surface area contributed by atoms with Crippen molar-refractivity contribution in [2.24, 2.45) is 0 Å². The van der Waals surface area contributed by atoms with E-state index < -0.39 is 0 Å². The Morgan fingerprint density at radius 1 is 1.06 bits per heavy atom. The Balaban J connectivity index is 2.06. The van der Waals surface area contributed by atoms with E-state index in [-0.39, 0.29) is 0 Å². The smallest absolute Gasteiger partial charge is 0.127 e. The first-order chi connectivity index (χ1) is 7.84. The summed E-state index contributed by atoms with van der Waals surface area (Å²) >= 11 is 6.15. The number of halogens is 1. The van der Waals surface area contributed by atoms with E-state index in [4.69, 9.17) is 16.3 Å². The maximum absolute atomic E-state index is 6.15. The maximum Gasteiger partial charge on any atom is 0.127 e. The predicted molar refractivity (Wildman–Crippen MR) is 66.2 cm³/mol. The first-order valence-electron chi connectivity index (χ1n) is 5.39. The third-order valence-corrected chi connectivity index (χ3v) is 3.20. The van der Waals surface area contributed by atoms with Crippen molar-refractivity contribution >= 4 is 22.4 Å². The molecule has 3 rings (SSSR count). The van der Waals surface area contributed by atoms with Crippen LogP contribution in [0.15, 0.2) is 36.4 Å². The molecule has 0 atom stereocenters. The van der Waals surface area contributed by atoms with Crippen molar-refractivity contribution in [1.82, 2.24) is 5.32 Å². The predicted octanol–water partition coefficient (Wildman–Crippen LogP) is 2.84. The molecule has 2 aromatic carbocycles. The van der Waals surface area contributed by atoms with Crippen LogP contribution in [0.5, 0.6) is 5.75 Å². The molecule has 1 aliphatic heterocycles. The molecule has 0 aliphatic carbocycles. The molecule has 2 nitrogen and oxygen atoms in total. The molecule has 1 fully saturated rings. The molecule has 1 aliphatic rings. The van der Waals surface area contributed by atoms with Crippen LogP contribution >= 0.6 is 11.6 Å². The molecule has 0 saturated carbocycles. The summed E-state index contributed by atoms with van der Waals surface area (Å²) in [6, 6.07) is 11.9. The van der Waals surface area contributed by atoms with Crippen molar-refractivity contribution in [3.63, 3.8) is 0 Å². The van der Waals surface area contributed by atoms with Gasteiger partial charge in [-0.05, 0) is 12.1 Å². The number of hydrogen-bond acceptors (Lipinski definition) is 2. The molecular weight excluding hydrogens is 222 g/mol. The van der Waals surface area contributed by atoms with Gasteiger partial charge in [-0.15, -0.1) is 0 Å². The van der Waals surface area contributed by atoms with Gasteiger partial charge in [-0.2, -0.15) is 0 Å². The van der Waals surface area contributed by atoms with E-state index in [1.807, 2.05) is 36.4 Å². The van der Waals surface area contributed by atoms with Gasteiger partial charge in [-0.3, -0.25) is 0 Å². The van der Waals surface area contributed by atoms with E-state index in [1.54, 1.807) is 0 Å². The zero-order chi connectivity index (χ0) is 11.0. The highest BCUT2D eigenvalue weighted by Crippen LogP contribution is 2.31. The lowest BCUT2D eigenvalue weighted by atomic mass is 10.1. The van der Waals surface area contributed by atoms with Gasteiger partial charge in [0.2, 0.25) is 0 Å². The summed E-state index contributed by atoms with van der Waals surface area (Å²) in [5.74, 6) is 0.923. The van der Waals surface area contributed by atoms with Gasteiger partial charge in [0, 0.05) is 28.9 Å². The number of nitrogens with one attached hydrogen (secondary N) is 1. The van der Waals surface area contributed by atoms with Gasteiger partial charge >= 0.3 is 0 Å². The van der Waals surface area contributed by atoms with E-state index in [0.717, 1.165) is 34.6 Å². The Labute approximate surface area is 99.2 Å². The molecule has 1 heterocycles. The molecule has 1 N–H and O–H groups in total. The number of fused-ring (bicyclic) bond motifs is 1. The summed E-state index contributed by atoms with van der Waals surface area (Å²) in [4.78, 5) is 0. The van der Waals surface area contributed by atoms with Gasteiger partial charge < -0.3 is 10.1 Å². The first-order valence-corrected chi connectivity index (χ1v) is 5.77. The molecule has 3 heteroatoms. The van der Waals surface area contributed by atoms with Crippen molar-refractivity contribution in [1.29, 1.82) is 0 Å². The largest absolute Gasteiger partial charge is 0.487 e. The zero-order valence-electron chi connectivity index (χ0n) is 8.74. The third kappa shape index (κ3) is 1.64. The van der Waals surface area contributed by atoms with Gasteiger partial charge in [-0.1, -0.05) is 35.9 Å². The van der Waals surface area contributed by atoms with Crippen LogP contribution in [-0.2, 0) is 0 Å². The molecule has 0 bridgehead atoms. The van der Waals surface area contributed by atoms with Crippen LogP contribution in [0.25, 0.3) is 10.8 Å². The number of benzene rings is 2. The molecule has 2 aromatic rings. The lowest BCUT2D eigenvalue weighted by Crippen LogP contribution is -2.50. The van der Waals surface area contributed by atoms with Crippen LogP contribution in [-0.4, -0.2) is 19.2 Å². The second kappa shape index (κ2) is 3.96. The van der Waals surface area contributed by atoms with Crippen LogP contribution in [0.3, 0.4) is 0 Å². The van der Waals surface area contributed by atoms with Crippen molar-refractivity contribution < 1.29 is 4.74 Å². The SMILES string of the molecule is Clc1ccc(OC2CNC2)c2ccccc12. The minimum absolute atomic E-state index is 0.296. The lowest BCUT2D eigenvalue weighted by Gasteiger charge is -2.28. The molecule has 1 saturated heterocycles. The van der Waals surface area contributed by atoms with Crippen LogP contribution in [0.1, 0.15) is 0 Å². The summed E-state index contributed by atoms with van der Waals surface area (Å²) < 4.78 is 5.90. The lowest BCUT2D eigenvalue weighted by molar-refractivity contribution is 0.144. The van der Waals surface area contributed by atoms with Crippen LogP contribution in [0.2, 0.25) is 5.02 Å². The average molecular weight is 234 g/mol. The first kappa shape index (κ1) is 9.94. The van der Waals surface area contributed by atoms with Gasteiger partial charge in [0.25, 0.3) is 0 Å². The maximum atomic E-state index is 6.15. The van der Waals surface area contributed by atoms with Crippen molar-refractivity contribution in [2.45, 2.75) is 6.10 Å². The monoisotopic (exact) mass is 233 g/mol. The number of rotatable bonds is 2. The molecule has 0 spiro atoms. The van der Waals surface area contributed by atoms with Gasteiger partial charge in [0.15, 0.2) is 0 Å². The van der Waals surface area contributed by atoms with Gasteiger partial charge in [0.05, 0.1) is 0 Å². The molecule has 0 aromatic heterocycles. The molecule has 16 heavy (non-hydrogen) atoms. The highest BCUT2D eigenvalue weighted by molar-refractivity contribution is 6.35. The van der Waals surface area contributed by atoms with E-state index in [0.29, 0.717) is 6.10 Å². The average Bonchev–Trinajstić information content (AvgIpc) is 2.26. The summed E-state index contributed by atoms with van der Waals surface area (Å²) in [6.07, 6.45) is 0.296. The Kier molecular flexibility index (Phi) is 2.46. The van der Waals surface area contributed by atoms with E-state index >= 15 is 0 Å². The van der Waals surface area contributed by atoms with Gasteiger partial charge in [0.1, 0.15) is 11.9 Å². The Hall–Kier alpha value is -1.25. The van der Waals surface area contributed by atoms with Crippen molar-refractivity contribution in [3.05, 3.63) is 41.4 Å². The van der Waals surface area contributed by atoms with E-state index in [9.17, 15) is 0 Å².